The zero-order chi connectivity index (χ0) is 16.4. The number of nitrogens with zero attached hydrogens (tertiary/aromatic N) is 3. The van der Waals surface area contributed by atoms with Crippen LogP contribution < -0.4 is 5.32 Å². The molecule has 5 heteroatoms. The maximum Gasteiger partial charge on any atom is 0.157 e. The van der Waals surface area contributed by atoms with Crippen LogP contribution >= 0.6 is 0 Å². The van der Waals surface area contributed by atoms with Gasteiger partial charge in [0.1, 0.15) is 0 Å². The molecule has 1 aliphatic carbocycles. The number of aliphatic hydroxyl groups excluding tert-OH is 1. The molecule has 23 heavy (non-hydrogen) atoms. The summed E-state index contributed by atoms with van der Waals surface area (Å²) in [6, 6.07) is 2.47. The van der Waals surface area contributed by atoms with Gasteiger partial charge in [-0.3, -0.25) is 0 Å². The number of pyridine rings is 1. The molecule has 2 aromatic rings. The van der Waals surface area contributed by atoms with Crippen molar-refractivity contribution in [3.05, 3.63) is 24.0 Å². The minimum absolute atomic E-state index is 0.00168. The lowest BCUT2D eigenvalue weighted by Crippen LogP contribution is -2.43. The molecule has 1 saturated carbocycles. The van der Waals surface area contributed by atoms with Gasteiger partial charge in [0, 0.05) is 36.1 Å². The average Bonchev–Trinajstić information content (AvgIpc) is 2.94. The fourth-order valence-electron chi connectivity index (χ4n) is 3.54. The summed E-state index contributed by atoms with van der Waals surface area (Å²) in [6.07, 6.45) is 8.02. The zero-order valence-corrected chi connectivity index (χ0v) is 14.4. The van der Waals surface area contributed by atoms with Gasteiger partial charge in [-0.15, -0.1) is 0 Å². The summed E-state index contributed by atoms with van der Waals surface area (Å²) in [7, 11) is 0. The molecule has 5 nitrogen and oxygen atoms in total. The Morgan fingerprint density at radius 3 is 2.96 bits per heavy atom. The molecule has 2 aromatic heterocycles. The van der Waals surface area contributed by atoms with Crippen molar-refractivity contribution in [1.82, 2.24) is 20.1 Å². The highest BCUT2D eigenvalue weighted by molar-refractivity contribution is 5.75. The third-order valence-corrected chi connectivity index (χ3v) is 5.12. The third-order valence-electron chi connectivity index (χ3n) is 5.12. The molecule has 0 radical (unpaired) electrons. The molecule has 0 saturated heterocycles. The van der Waals surface area contributed by atoms with Crippen molar-refractivity contribution >= 4 is 11.0 Å². The molecule has 0 aromatic carbocycles. The van der Waals surface area contributed by atoms with Gasteiger partial charge in [0.2, 0.25) is 0 Å². The van der Waals surface area contributed by atoms with Crippen molar-refractivity contribution in [2.75, 3.05) is 6.54 Å². The smallest absolute Gasteiger partial charge is 0.157 e. The van der Waals surface area contributed by atoms with Gasteiger partial charge < -0.3 is 10.4 Å². The van der Waals surface area contributed by atoms with E-state index in [1.165, 1.54) is 6.42 Å². The molecule has 1 fully saturated rings. The first-order valence-corrected chi connectivity index (χ1v) is 8.70. The Labute approximate surface area is 138 Å². The van der Waals surface area contributed by atoms with Crippen LogP contribution in [0.4, 0.5) is 0 Å². The molecule has 126 valence electrons. The van der Waals surface area contributed by atoms with Gasteiger partial charge in [-0.25, -0.2) is 9.67 Å². The monoisotopic (exact) mass is 316 g/mol. The second-order valence-electron chi connectivity index (χ2n) is 7.46. The summed E-state index contributed by atoms with van der Waals surface area (Å²) in [5, 5.41) is 19.3. The van der Waals surface area contributed by atoms with Crippen molar-refractivity contribution in [2.24, 2.45) is 5.41 Å². The lowest BCUT2D eigenvalue weighted by molar-refractivity contribution is 0.00115. The Bertz CT molecular complexity index is 666. The molecule has 0 amide bonds. The second kappa shape index (κ2) is 6.57. The van der Waals surface area contributed by atoms with Crippen LogP contribution in [0.25, 0.3) is 11.0 Å². The topological polar surface area (TPSA) is 63.0 Å². The molecule has 0 bridgehead atoms. The van der Waals surface area contributed by atoms with E-state index in [4.69, 9.17) is 0 Å². The Hall–Kier alpha value is -1.46. The number of rotatable bonds is 5. The lowest BCUT2D eigenvalue weighted by atomic mass is 9.73. The predicted octanol–water partition coefficient (Wildman–Crippen LogP) is 3.04. The largest absolute Gasteiger partial charge is 0.393 e. The molecule has 2 heterocycles. The van der Waals surface area contributed by atoms with Crippen LogP contribution in [-0.2, 0) is 6.54 Å². The second-order valence-corrected chi connectivity index (χ2v) is 7.46. The summed E-state index contributed by atoms with van der Waals surface area (Å²) in [5.41, 5.74) is 2.10. The van der Waals surface area contributed by atoms with E-state index in [0.717, 1.165) is 48.9 Å². The van der Waals surface area contributed by atoms with E-state index in [2.05, 4.69) is 42.2 Å². The van der Waals surface area contributed by atoms with Gasteiger partial charge in [0.05, 0.1) is 12.3 Å². The first-order chi connectivity index (χ1) is 11.0. The fraction of sp³-hybridized carbons (Fsp3) is 0.667. The number of aromatic nitrogens is 3. The minimum Gasteiger partial charge on any atom is -0.393 e. The van der Waals surface area contributed by atoms with E-state index in [0.29, 0.717) is 6.04 Å². The van der Waals surface area contributed by atoms with E-state index < -0.39 is 0 Å². The van der Waals surface area contributed by atoms with Crippen molar-refractivity contribution in [2.45, 2.75) is 65.1 Å². The number of hydrogen-bond donors (Lipinski definition) is 2. The fourth-order valence-corrected chi connectivity index (χ4v) is 3.54. The zero-order valence-electron chi connectivity index (χ0n) is 14.4. The van der Waals surface area contributed by atoms with Crippen LogP contribution in [0.2, 0.25) is 0 Å². The summed E-state index contributed by atoms with van der Waals surface area (Å²) < 4.78 is 1.95. The normalized spacial score (nSPS) is 25.3. The summed E-state index contributed by atoms with van der Waals surface area (Å²) in [4.78, 5) is 4.57. The molecule has 0 spiro atoms. The number of aliphatic hydroxyl groups is 1. The van der Waals surface area contributed by atoms with E-state index >= 15 is 0 Å². The van der Waals surface area contributed by atoms with Crippen LogP contribution in [0, 0.1) is 5.41 Å². The predicted molar refractivity (Wildman–Crippen MR) is 92.2 cm³/mol. The summed E-state index contributed by atoms with van der Waals surface area (Å²) >= 11 is 0. The minimum atomic E-state index is -0.186. The highest BCUT2D eigenvalue weighted by atomic mass is 16.3. The third kappa shape index (κ3) is 3.40. The summed E-state index contributed by atoms with van der Waals surface area (Å²) in [5.74, 6) is 0. The Morgan fingerprint density at radius 2 is 2.22 bits per heavy atom. The molecular formula is C18H28N4O. The van der Waals surface area contributed by atoms with E-state index in [1.54, 1.807) is 0 Å². The van der Waals surface area contributed by atoms with Crippen LogP contribution in [0.1, 0.15) is 58.1 Å². The number of nitrogens with one attached hydrogen (secondary N) is 1. The molecular weight excluding hydrogens is 288 g/mol. The maximum absolute atomic E-state index is 10.3. The average molecular weight is 316 g/mol. The Morgan fingerprint density at radius 1 is 1.39 bits per heavy atom. The molecule has 3 rings (SSSR count). The lowest BCUT2D eigenvalue weighted by Gasteiger charge is -2.38. The SMILES string of the molecule is CC(C)n1ncc2cc(CNCC3(C)CCCCC3O)cnc21. The first-order valence-electron chi connectivity index (χ1n) is 8.70. The molecule has 2 N–H and O–H groups in total. The van der Waals surface area contributed by atoms with Gasteiger partial charge in [-0.05, 0) is 38.3 Å². The van der Waals surface area contributed by atoms with Gasteiger partial charge in [-0.2, -0.15) is 5.10 Å². The number of hydrogen-bond acceptors (Lipinski definition) is 4. The standard InChI is InChI=1S/C18H28N4O/c1-13(2)22-17-15(11-21-22)8-14(10-20-17)9-19-12-18(3)7-5-4-6-16(18)23/h8,10-11,13,16,19,23H,4-7,9,12H2,1-3H3. The van der Waals surface area contributed by atoms with E-state index in [9.17, 15) is 5.11 Å². The van der Waals surface area contributed by atoms with Crippen molar-refractivity contribution in [3.63, 3.8) is 0 Å². The van der Waals surface area contributed by atoms with Gasteiger partial charge >= 0.3 is 0 Å². The van der Waals surface area contributed by atoms with E-state index in [1.807, 2.05) is 17.1 Å². The molecule has 0 aliphatic heterocycles. The highest BCUT2D eigenvalue weighted by Crippen LogP contribution is 2.35. The summed E-state index contributed by atoms with van der Waals surface area (Å²) in [6.45, 7) is 8.03. The van der Waals surface area contributed by atoms with Crippen molar-refractivity contribution in [1.29, 1.82) is 0 Å². The van der Waals surface area contributed by atoms with Crippen molar-refractivity contribution in [3.8, 4) is 0 Å². The maximum atomic E-state index is 10.3. The Kier molecular flexibility index (Phi) is 4.69. The number of fused-ring (bicyclic) bond motifs is 1. The van der Waals surface area contributed by atoms with Gasteiger partial charge in [0.25, 0.3) is 0 Å². The van der Waals surface area contributed by atoms with Gasteiger partial charge in [0.15, 0.2) is 5.65 Å². The van der Waals surface area contributed by atoms with E-state index in [-0.39, 0.29) is 11.5 Å². The van der Waals surface area contributed by atoms with Crippen LogP contribution in [-0.4, -0.2) is 32.5 Å². The van der Waals surface area contributed by atoms with Crippen molar-refractivity contribution < 1.29 is 5.11 Å². The molecule has 2 unspecified atom stereocenters. The molecule has 1 aliphatic rings. The van der Waals surface area contributed by atoms with Crippen LogP contribution in [0.5, 0.6) is 0 Å². The van der Waals surface area contributed by atoms with Crippen LogP contribution in [0.3, 0.4) is 0 Å². The highest BCUT2D eigenvalue weighted by Gasteiger charge is 2.34. The Balaban J connectivity index is 1.63. The first kappa shape index (κ1) is 16.4. The van der Waals surface area contributed by atoms with Gasteiger partial charge in [-0.1, -0.05) is 19.8 Å². The van der Waals surface area contributed by atoms with Crippen LogP contribution in [0.15, 0.2) is 18.5 Å². The quantitative estimate of drug-likeness (QED) is 0.890. The molecule has 2 atom stereocenters.